The lowest BCUT2D eigenvalue weighted by Crippen LogP contribution is -2.34. The number of aromatic nitrogens is 3. The van der Waals surface area contributed by atoms with Crippen LogP contribution in [-0.2, 0) is 11.0 Å². The predicted molar refractivity (Wildman–Crippen MR) is 117 cm³/mol. The number of anilines is 2. The summed E-state index contributed by atoms with van der Waals surface area (Å²) in [6.45, 7) is 4.16. The average molecular weight is 468 g/mol. The lowest BCUT2D eigenvalue weighted by Gasteiger charge is -2.30. The fourth-order valence-corrected chi connectivity index (χ4v) is 5.32. The average Bonchev–Trinajstić information content (AvgIpc) is 3.17. The van der Waals surface area contributed by atoms with E-state index in [0.717, 1.165) is 41.5 Å². The Balaban J connectivity index is 1.41. The fraction of sp³-hybridized carbons (Fsp3) is 0.400. The Morgan fingerprint density at radius 2 is 2.06 bits per heavy atom. The van der Waals surface area contributed by atoms with Crippen molar-refractivity contribution >= 4 is 50.2 Å². The second-order valence-electron chi connectivity index (χ2n) is 7.43. The summed E-state index contributed by atoms with van der Waals surface area (Å²) in [5.74, 6) is 0.363. The maximum Gasteiger partial charge on any atom is 0.416 e. The number of rotatable bonds is 5. The molecule has 11 heteroatoms. The van der Waals surface area contributed by atoms with Crippen molar-refractivity contribution in [3.63, 3.8) is 0 Å². The molecule has 0 bridgehead atoms. The minimum absolute atomic E-state index is 0.0706. The van der Waals surface area contributed by atoms with Gasteiger partial charge in [-0.3, -0.25) is 4.79 Å². The van der Waals surface area contributed by atoms with Gasteiger partial charge in [0.2, 0.25) is 5.91 Å². The number of carbonyl (C=O) groups is 1. The quantitative estimate of drug-likeness (QED) is 0.417. The highest BCUT2D eigenvalue weighted by Gasteiger charge is 2.30. The maximum atomic E-state index is 12.6. The van der Waals surface area contributed by atoms with E-state index in [9.17, 15) is 18.0 Å². The monoisotopic (exact) mass is 467 g/mol. The first-order chi connectivity index (χ1) is 14.8. The summed E-state index contributed by atoms with van der Waals surface area (Å²) in [5.41, 5.74) is 0.164. The lowest BCUT2D eigenvalue weighted by molar-refractivity contribution is -0.137. The molecule has 1 atom stereocenters. The molecule has 0 saturated carbocycles. The number of nitrogens with zero attached hydrogens (tertiary/aromatic N) is 4. The van der Waals surface area contributed by atoms with E-state index in [0.29, 0.717) is 22.3 Å². The van der Waals surface area contributed by atoms with Crippen molar-refractivity contribution in [3.8, 4) is 0 Å². The van der Waals surface area contributed by atoms with E-state index < -0.39 is 11.7 Å². The molecule has 164 valence electrons. The van der Waals surface area contributed by atoms with Crippen LogP contribution in [0.3, 0.4) is 0 Å². The number of thiazole rings is 1. The molecule has 0 spiro atoms. The number of fused-ring (bicyclic) bond motifs is 1. The number of piperidine rings is 1. The zero-order valence-corrected chi connectivity index (χ0v) is 18.3. The van der Waals surface area contributed by atoms with Gasteiger partial charge in [0.05, 0.1) is 11.3 Å². The van der Waals surface area contributed by atoms with Gasteiger partial charge in [-0.15, -0.1) is 0 Å². The molecular weight excluding hydrogens is 447 g/mol. The third kappa shape index (κ3) is 5.27. The van der Waals surface area contributed by atoms with Crippen LogP contribution < -0.4 is 10.2 Å². The minimum atomic E-state index is -4.41. The molecule has 0 aliphatic carbocycles. The van der Waals surface area contributed by atoms with Gasteiger partial charge < -0.3 is 10.2 Å². The molecular formula is C20H20F3N5OS2. The zero-order chi connectivity index (χ0) is 22.0. The number of carbonyl (C=O) groups excluding carboxylic acids is 1. The largest absolute Gasteiger partial charge is 0.416 e. The number of alkyl halides is 3. The van der Waals surface area contributed by atoms with Gasteiger partial charge in [0.1, 0.15) is 16.1 Å². The van der Waals surface area contributed by atoms with Crippen LogP contribution in [0.2, 0.25) is 0 Å². The molecule has 6 nitrogen and oxygen atoms in total. The standard InChI is InChI=1S/C20H20F3N5OS2/c1-12-3-2-8-28(9-12)19-27-17-16(31-19)18(25-11-24-17)30-10-15(29)26-14-6-4-13(5-7-14)20(21,22)23/h4-7,11-12H,2-3,8-10H2,1H3,(H,26,29)/t12-/m1/s1. The minimum Gasteiger partial charge on any atom is -0.348 e. The SMILES string of the molecule is C[C@@H]1CCCN(c2nc3ncnc(SCC(=O)Nc4ccc(C(F)(F)F)cc4)c3s2)C1. The van der Waals surface area contributed by atoms with Gasteiger partial charge in [-0.25, -0.2) is 9.97 Å². The summed E-state index contributed by atoms with van der Waals surface area (Å²) in [4.78, 5) is 27.7. The molecule has 3 aromatic rings. The Labute approximate surface area is 185 Å². The highest BCUT2D eigenvalue weighted by atomic mass is 32.2. The van der Waals surface area contributed by atoms with Crippen molar-refractivity contribution in [1.82, 2.24) is 15.0 Å². The van der Waals surface area contributed by atoms with Crippen molar-refractivity contribution < 1.29 is 18.0 Å². The number of thioether (sulfide) groups is 1. The third-order valence-corrected chi connectivity index (χ3v) is 7.14. The smallest absolute Gasteiger partial charge is 0.348 e. The summed E-state index contributed by atoms with van der Waals surface area (Å²) in [7, 11) is 0. The Kier molecular flexibility index (Phi) is 6.33. The van der Waals surface area contributed by atoms with Gasteiger partial charge >= 0.3 is 6.18 Å². The Morgan fingerprint density at radius 3 is 2.77 bits per heavy atom. The highest BCUT2D eigenvalue weighted by molar-refractivity contribution is 8.00. The summed E-state index contributed by atoms with van der Waals surface area (Å²) in [5, 5.41) is 4.19. The first-order valence-electron chi connectivity index (χ1n) is 9.76. The molecule has 2 aromatic heterocycles. The first-order valence-corrected chi connectivity index (χ1v) is 11.6. The van der Waals surface area contributed by atoms with E-state index in [1.165, 1.54) is 48.0 Å². The molecule has 0 radical (unpaired) electrons. The summed E-state index contributed by atoms with van der Waals surface area (Å²) < 4.78 is 38.8. The van der Waals surface area contributed by atoms with Crippen LogP contribution in [0, 0.1) is 5.92 Å². The molecule has 31 heavy (non-hydrogen) atoms. The third-order valence-electron chi connectivity index (χ3n) is 4.91. The van der Waals surface area contributed by atoms with Crippen molar-refractivity contribution in [2.24, 2.45) is 5.92 Å². The van der Waals surface area contributed by atoms with Crippen LogP contribution in [0.4, 0.5) is 24.0 Å². The summed E-state index contributed by atoms with van der Waals surface area (Å²) in [6, 6.07) is 4.36. The first kappa shape index (κ1) is 21.8. The summed E-state index contributed by atoms with van der Waals surface area (Å²) >= 11 is 2.78. The van der Waals surface area contributed by atoms with Crippen LogP contribution in [0.15, 0.2) is 35.6 Å². The Morgan fingerprint density at radius 1 is 1.29 bits per heavy atom. The highest BCUT2D eigenvalue weighted by Crippen LogP contribution is 2.35. The van der Waals surface area contributed by atoms with Gasteiger partial charge in [0.15, 0.2) is 10.8 Å². The second kappa shape index (κ2) is 8.99. The van der Waals surface area contributed by atoms with Crippen LogP contribution in [0.1, 0.15) is 25.3 Å². The van der Waals surface area contributed by atoms with Crippen LogP contribution >= 0.6 is 23.1 Å². The van der Waals surface area contributed by atoms with E-state index in [1.54, 1.807) is 0 Å². The topological polar surface area (TPSA) is 71.0 Å². The maximum absolute atomic E-state index is 12.6. The molecule has 1 N–H and O–H groups in total. The fourth-order valence-electron chi connectivity index (χ4n) is 3.40. The Hall–Kier alpha value is -2.40. The second-order valence-corrected chi connectivity index (χ2v) is 9.37. The normalized spacial score (nSPS) is 17.2. The molecule has 1 aliphatic rings. The van der Waals surface area contributed by atoms with E-state index >= 15 is 0 Å². The van der Waals surface area contributed by atoms with Crippen LogP contribution in [-0.4, -0.2) is 39.7 Å². The number of hydrogen-bond donors (Lipinski definition) is 1. The number of nitrogens with one attached hydrogen (secondary N) is 1. The molecule has 1 amide bonds. The summed E-state index contributed by atoms with van der Waals surface area (Å²) in [6.07, 6.45) is -0.623. The molecule has 4 rings (SSSR count). The van der Waals surface area contributed by atoms with Crippen LogP contribution in [0.5, 0.6) is 0 Å². The number of amides is 1. The molecule has 3 heterocycles. The molecule has 0 unspecified atom stereocenters. The van der Waals surface area contributed by atoms with Crippen molar-refractivity contribution in [1.29, 1.82) is 0 Å². The Bertz CT molecular complexity index is 1070. The van der Waals surface area contributed by atoms with Crippen molar-refractivity contribution in [3.05, 3.63) is 36.2 Å². The number of hydrogen-bond acceptors (Lipinski definition) is 7. The van der Waals surface area contributed by atoms with E-state index in [-0.39, 0.29) is 11.7 Å². The van der Waals surface area contributed by atoms with Gasteiger partial charge in [-0.2, -0.15) is 18.2 Å². The van der Waals surface area contributed by atoms with Gasteiger partial charge in [0, 0.05) is 18.8 Å². The van der Waals surface area contributed by atoms with Gasteiger partial charge in [-0.05, 0) is 43.0 Å². The zero-order valence-electron chi connectivity index (χ0n) is 16.6. The van der Waals surface area contributed by atoms with E-state index in [4.69, 9.17) is 0 Å². The number of halogens is 3. The van der Waals surface area contributed by atoms with E-state index in [2.05, 4.69) is 32.1 Å². The van der Waals surface area contributed by atoms with Gasteiger partial charge in [0.25, 0.3) is 0 Å². The lowest BCUT2D eigenvalue weighted by atomic mass is 10.0. The predicted octanol–water partition coefficient (Wildman–Crippen LogP) is 5.07. The number of benzene rings is 1. The van der Waals surface area contributed by atoms with Crippen LogP contribution in [0.25, 0.3) is 10.3 Å². The molecule has 1 saturated heterocycles. The molecule has 1 fully saturated rings. The van der Waals surface area contributed by atoms with Crippen molar-refractivity contribution in [2.45, 2.75) is 31.0 Å². The molecule has 1 aliphatic heterocycles. The molecule has 1 aromatic carbocycles. The van der Waals surface area contributed by atoms with Crippen molar-refractivity contribution in [2.75, 3.05) is 29.1 Å². The van der Waals surface area contributed by atoms with Gasteiger partial charge in [-0.1, -0.05) is 30.0 Å². The van der Waals surface area contributed by atoms with E-state index in [1.807, 2.05) is 0 Å².